The molecule has 1 rings (SSSR count). The summed E-state index contributed by atoms with van der Waals surface area (Å²) in [5, 5.41) is 8.62. The lowest BCUT2D eigenvalue weighted by Gasteiger charge is -2.16. The van der Waals surface area contributed by atoms with Gasteiger partial charge in [-0.1, -0.05) is 28.1 Å². The van der Waals surface area contributed by atoms with E-state index in [-0.39, 0.29) is 13.1 Å². The molecule has 0 bridgehead atoms. The summed E-state index contributed by atoms with van der Waals surface area (Å²) >= 11 is 3.34. The second-order valence-corrected chi connectivity index (χ2v) is 4.31. The van der Waals surface area contributed by atoms with E-state index in [9.17, 15) is 4.79 Å². The van der Waals surface area contributed by atoms with Gasteiger partial charge in [-0.15, -0.1) is 0 Å². The highest BCUT2D eigenvalue weighted by Gasteiger charge is 2.08. The third kappa shape index (κ3) is 4.43. The van der Waals surface area contributed by atoms with Crippen LogP contribution < -0.4 is 5.73 Å². The molecule has 0 aliphatic rings. The van der Waals surface area contributed by atoms with E-state index in [1.807, 2.05) is 30.3 Å². The molecule has 0 unspecified atom stereocenters. The largest absolute Gasteiger partial charge is 0.369 e. The third-order valence-electron chi connectivity index (χ3n) is 1.99. The molecule has 84 valence electrons. The molecule has 1 aromatic rings. The van der Waals surface area contributed by atoms with E-state index in [4.69, 9.17) is 11.0 Å². The molecule has 0 atom stereocenters. The molecule has 0 saturated carbocycles. The summed E-state index contributed by atoms with van der Waals surface area (Å²) in [5.41, 5.74) is 6.15. The molecule has 5 heteroatoms. The molecule has 1 aromatic carbocycles. The quantitative estimate of drug-likeness (QED) is 0.826. The average Bonchev–Trinajstić information content (AvgIpc) is 2.21. The Labute approximate surface area is 103 Å². The van der Waals surface area contributed by atoms with Crippen LogP contribution in [-0.2, 0) is 11.3 Å². The van der Waals surface area contributed by atoms with Gasteiger partial charge in [-0.2, -0.15) is 5.26 Å². The Morgan fingerprint density at radius 1 is 1.44 bits per heavy atom. The van der Waals surface area contributed by atoms with Crippen molar-refractivity contribution < 1.29 is 4.79 Å². The van der Waals surface area contributed by atoms with Crippen molar-refractivity contribution in [2.75, 3.05) is 13.1 Å². The highest BCUT2D eigenvalue weighted by Crippen LogP contribution is 2.11. The first kappa shape index (κ1) is 12.7. The zero-order valence-corrected chi connectivity index (χ0v) is 10.3. The first-order chi connectivity index (χ1) is 7.61. The van der Waals surface area contributed by atoms with E-state index in [2.05, 4.69) is 15.9 Å². The minimum atomic E-state index is -0.424. The number of hydrogen-bond acceptors (Lipinski definition) is 3. The second kappa shape index (κ2) is 6.26. The molecule has 0 radical (unpaired) electrons. The molecule has 0 aliphatic heterocycles. The molecule has 0 aromatic heterocycles. The number of carbonyl (C=O) groups is 1. The molecule has 0 spiro atoms. The zero-order valence-electron chi connectivity index (χ0n) is 8.69. The van der Waals surface area contributed by atoms with Crippen LogP contribution in [0, 0.1) is 11.3 Å². The molecule has 4 nitrogen and oxygen atoms in total. The minimum absolute atomic E-state index is 0.101. The number of hydrogen-bond donors (Lipinski definition) is 1. The van der Waals surface area contributed by atoms with Crippen LogP contribution in [0.3, 0.4) is 0 Å². The zero-order chi connectivity index (χ0) is 12.0. The van der Waals surface area contributed by atoms with Crippen LogP contribution >= 0.6 is 15.9 Å². The van der Waals surface area contributed by atoms with Crippen molar-refractivity contribution in [1.82, 2.24) is 4.90 Å². The molecular weight excluding hydrogens is 270 g/mol. The van der Waals surface area contributed by atoms with Crippen molar-refractivity contribution in [3.05, 3.63) is 34.3 Å². The maximum Gasteiger partial charge on any atom is 0.231 e. The average molecular weight is 282 g/mol. The van der Waals surface area contributed by atoms with Gasteiger partial charge in [0.25, 0.3) is 0 Å². The summed E-state index contributed by atoms with van der Waals surface area (Å²) in [5.74, 6) is -0.424. The predicted molar refractivity (Wildman–Crippen MR) is 64.2 cm³/mol. The summed E-state index contributed by atoms with van der Waals surface area (Å²) < 4.78 is 0.998. The standard InChI is InChI=1S/C11H12BrN3O/c12-10-3-1-9(2-4-10)7-15(6-5-13)8-11(14)16/h1-4H,6-8H2,(H2,14,16). The van der Waals surface area contributed by atoms with Gasteiger partial charge >= 0.3 is 0 Å². The van der Waals surface area contributed by atoms with Gasteiger partial charge < -0.3 is 5.73 Å². The Morgan fingerprint density at radius 2 is 2.06 bits per heavy atom. The lowest BCUT2D eigenvalue weighted by Crippen LogP contribution is -2.33. The number of benzene rings is 1. The van der Waals surface area contributed by atoms with Crippen LogP contribution in [0.4, 0.5) is 0 Å². The summed E-state index contributed by atoms with van der Waals surface area (Å²) in [6.07, 6.45) is 0. The molecule has 1 amide bonds. The van der Waals surface area contributed by atoms with Crippen LogP contribution in [0.2, 0.25) is 0 Å². The summed E-state index contributed by atoms with van der Waals surface area (Å²) in [6, 6.07) is 9.74. The number of carbonyl (C=O) groups excluding carboxylic acids is 1. The molecule has 0 fully saturated rings. The van der Waals surface area contributed by atoms with Crippen molar-refractivity contribution in [1.29, 1.82) is 5.26 Å². The fourth-order valence-electron chi connectivity index (χ4n) is 1.34. The third-order valence-corrected chi connectivity index (χ3v) is 2.52. The Kier molecular flexibility index (Phi) is 4.96. The Balaban J connectivity index is 2.64. The summed E-state index contributed by atoms with van der Waals surface area (Å²) in [6.45, 7) is 0.840. The number of rotatable bonds is 5. The maximum absolute atomic E-state index is 10.8. The number of nitriles is 1. The summed E-state index contributed by atoms with van der Waals surface area (Å²) in [4.78, 5) is 12.5. The van der Waals surface area contributed by atoms with E-state index in [0.29, 0.717) is 6.54 Å². The van der Waals surface area contributed by atoms with E-state index in [1.165, 1.54) is 0 Å². The van der Waals surface area contributed by atoms with Crippen LogP contribution in [0.25, 0.3) is 0 Å². The Hall–Kier alpha value is -1.38. The number of nitrogens with zero attached hydrogens (tertiary/aromatic N) is 2. The van der Waals surface area contributed by atoms with Crippen LogP contribution in [-0.4, -0.2) is 23.9 Å². The van der Waals surface area contributed by atoms with E-state index in [1.54, 1.807) is 4.90 Å². The van der Waals surface area contributed by atoms with Gasteiger partial charge in [-0.3, -0.25) is 9.69 Å². The Morgan fingerprint density at radius 3 is 2.56 bits per heavy atom. The van der Waals surface area contributed by atoms with Crippen molar-refractivity contribution in [3.63, 3.8) is 0 Å². The molecule has 0 heterocycles. The van der Waals surface area contributed by atoms with Crippen molar-refractivity contribution in [2.24, 2.45) is 5.73 Å². The van der Waals surface area contributed by atoms with Gasteiger partial charge in [-0.05, 0) is 17.7 Å². The van der Waals surface area contributed by atoms with E-state index >= 15 is 0 Å². The fourth-order valence-corrected chi connectivity index (χ4v) is 1.60. The Bertz CT molecular complexity index is 397. The SMILES string of the molecule is N#CCN(CC(N)=O)Cc1ccc(Br)cc1. The monoisotopic (exact) mass is 281 g/mol. The van der Waals surface area contributed by atoms with Gasteiger partial charge in [0.1, 0.15) is 0 Å². The van der Waals surface area contributed by atoms with E-state index in [0.717, 1.165) is 10.0 Å². The molecule has 16 heavy (non-hydrogen) atoms. The predicted octanol–water partition coefficient (Wildman–Crippen LogP) is 1.26. The number of halogens is 1. The molecular formula is C11H12BrN3O. The number of primary amides is 1. The second-order valence-electron chi connectivity index (χ2n) is 3.40. The van der Waals surface area contributed by atoms with Crippen molar-refractivity contribution in [3.8, 4) is 6.07 Å². The van der Waals surface area contributed by atoms with Crippen molar-refractivity contribution in [2.45, 2.75) is 6.54 Å². The smallest absolute Gasteiger partial charge is 0.231 e. The van der Waals surface area contributed by atoms with Gasteiger partial charge in [0, 0.05) is 11.0 Å². The number of nitrogens with two attached hydrogens (primary N) is 1. The first-order valence-electron chi connectivity index (χ1n) is 4.74. The lowest BCUT2D eigenvalue weighted by atomic mass is 10.2. The molecule has 2 N–H and O–H groups in total. The molecule has 0 saturated heterocycles. The van der Waals surface area contributed by atoms with E-state index < -0.39 is 5.91 Å². The summed E-state index contributed by atoms with van der Waals surface area (Å²) in [7, 11) is 0. The van der Waals surface area contributed by atoms with Gasteiger partial charge in [0.15, 0.2) is 0 Å². The first-order valence-corrected chi connectivity index (χ1v) is 5.53. The normalized spacial score (nSPS) is 10.1. The van der Waals surface area contributed by atoms with Crippen LogP contribution in [0.15, 0.2) is 28.7 Å². The topological polar surface area (TPSA) is 70.1 Å². The van der Waals surface area contributed by atoms with Gasteiger partial charge in [0.2, 0.25) is 5.91 Å². The van der Waals surface area contributed by atoms with Gasteiger partial charge in [-0.25, -0.2) is 0 Å². The lowest BCUT2D eigenvalue weighted by molar-refractivity contribution is -0.119. The molecule has 0 aliphatic carbocycles. The maximum atomic E-state index is 10.8. The highest BCUT2D eigenvalue weighted by atomic mass is 79.9. The number of amides is 1. The van der Waals surface area contributed by atoms with Crippen LogP contribution in [0.5, 0.6) is 0 Å². The minimum Gasteiger partial charge on any atom is -0.369 e. The van der Waals surface area contributed by atoms with Gasteiger partial charge in [0.05, 0.1) is 19.2 Å². The van der Waals surface area contributed by atoms with Crippen LogP contribution in [0.1, 0.15) is 5.56 Å². The highest BCUT2D eigenvalue weighted by molar-refractivity contribution is 9.10. The van der Waals surface area contributed by atoms with Crippen molar-refractivity contribution >= 4 is 21.8 Å². The fraction of sp³-hybridized carbons (Fsp3) is 0.273.